The van der Waals surface area contributed by atoms with Crippen LogP contribution in [0.2, 0.25) is 0 Å². The Balaban J connectivity index is 3.08. The fourth-order valence-electron chi connectivity index (χ4n) is 3.45. The molecule has 0 aromatic carbocycles. The Labute approximate surface area is 263 Å². The summed E-state index contributed by atoms with van der Waals surface area (Å²) in [5.41, 5.74) is 0. The normalized spacial score (nSPS) is 11.4. The first-order valence-electron chi connectivity index (χ1n) is 15.6. The van der Waals surface area contributed by atoms with Crippen molar-refractivity contribution in [3.63, 3.8) is 0 Å². The molecule has 0 fully saturated rings. The van der Waals surface area contributed by atoms with Crippen molar-refractivity contribution in [2.24, 2.45) is 0 Å². The van der Waals surface area contributed by atoms with E-state index < -0.39 is 0 Å². The van der Waals surface area contributed by atoms with E-state index in [-0.39, 0.29) is 5.97 Å². The summed E-state index contributed by atoms with van der Waals surface area (Å²) in [7, 11) is 0. The Morgan fingerprint density at radius 3 is 1.17 bits per heavy atom. The minimum Gasteiger partial charge on any atom is -0.463 e. The summed E-state index contributed by atoms with van der Waals surface area (Å²) in [6.07, 6.45) is 11.1. The van der Waals surface area contributed by atoms with Crippen molar-refractivity contribution in [2.75, 3.05) is 117 Å². The summed E-state index contributed by atoms with van der Waals surface area (Å²) in [6.45, 7) is 11.1. The molecule has 0 saturated carbocycles. The fraction of sp³-hybridized carbons (Fsp3) is 0.967. The molecule has 10 nitrogen and oxygen atoms in total. The van der Waals surface area contributed by atoms with Crippen LogP contribution in [0.15, 0.2) is 0 Å². The third-order valence-corrected chi connectivity index (χ3v) is 6.51. The number of carbonyl (C=O) groups is 1. The summed E-state index contributed by atoms with van der Waals surface area (Å²) < 4.78 is 50.2. The van der Waals surface area contributed by atoms with Crippen LogP contribution in [0.4, 0.5) is 0 Å². The second kappa shape index (κ2) is 37.9. The van der Waals surface area contributed by atoms with Gasteiger partial charge in [-0.3, -0.25) is 4.79 Å². The largest absolute Gasteiger partial charge is 0.463 e. The van der Waals surface area contributed by atoms with E-state index >= 15 is 0 Å². The molecule has 0 spiro atoms. The van der Waals surface area contributed by atoms with E-state index in [0.29, 0.717) is 112 Å². The molecule has 41 heavy (non-hydrogen) atoms. The van der Waals surface area contributed by atoms with Crippen molar-refractivity contribution in [3.05, 3.63) is 0 Å². The van der Waals surface area contributed by atoms with Crippen LogP contribution in [0.25, 0.3) is 0 Å². The van der Waals surface area contributed by atoms with E-state index in [2.05, 4.69) is 29.5 Å². The van der Waals surface area contributed by atoms with Gasteiger partial charge >= 0.3 is 5.97 Å². The van der Waals surface area contributed by atoms with Crippen LogP contribution < -0.4 is 0 Å². The van der Waals surface area contributed by atoms with Crippen molar-refractivity contribution >= 4 is 28.6 Å². The van der Waals surface area contributed by atoms with Gasteiger partial charge in [0.1, 0.15) is 6.61 Å². The zero-order chi connectivity index (χ0) is 29.7. The summed E-state index contributed by atoms with van der Waals surface area (Å²) in [4.78, 5) is 11.6. The molecular weight excluding hydrogens is 647 g/mol. The van der Waals surface area contributed by atoms with Crippen molar-refractivity contribution in [1.82, 2.24) is 0 Å². The Hall–Kier alpha value is -0.120. The lowest BCUT2D eigenvalue weighted by Gasteiger charge is -2.09. The number of halogens is 1. The van der Waals surface area contributed by atoms with Gasteiger partial charge in [-0.05, 0) is 23.7 Å². The van der Waals surface area contributed by atoms with Gasteiger partial charge in [-0.25, -0.2) is 0 Å². The van der Waals surface area contributed by atoms with Crippen LogP contribution in [0.5, 0.6) is 0 Å². The van der Waals surface area contributed by atoms with Gasteiger partial charge in [0, 0.05) is 13.0 Å². The van der Waals surface area contributed by atoms with Gasteiger partial charge in [0.05, 0.1) is 99.1 Å². The summed E-state index contributed by atoms with van der Waals surface area (Å²) in [5.74, 6) is -0.141. The van der Waals surface area contributed by atoms with E-state index in [1.54, 1.807) is 0 Å². The highest BCUT2D eigenvalue weighted by Gasteiger charge is 2.02. The first-order chi connectivity index (χ1) is 20.3. The van der Waals surface area contributed by atoms with E-state index in [9.17, 15) is 4.79 Å². The minimum atomic E-state index is -0.141. The number of alkyl halides is 1. The molecule has 0 N–H and O–H groups in total. The molecule has 0 aliphatic heterocycles. The third-order valence-electron chi connectivity index (χ3n) is 5.75. The molecule has 0 heterocycles. The second-order valence-corrected chi connectivity index (χ2v) is 10.5. The number of ether oxygens (including phenoxy) is 9. The molecular formula is C30H59IO10. The molecule has 11 heteroatoms. The molecule has 0 saturated heterocycles. The van der Waals surface area contributed by atoms with E-state index in [4.69, 9.17) is 42.6 Å². The Bertz CT molecular complexity index is 502. The smallest absolute Gasteiger partial charge is 0.305 e. The number of carbonyl (C=O) groups excluding carboxylic acids is 1. The van der Waals surface area contributed by atoms with E-state index in [1.165, 1.54) is 43.0 Å². The molecule has 0 aromatic rings. The zero-order valence-corrected chi connectivity index (χ0v) is 27.9. The zero-order valence-electron chi connectivity index (χ0n) is 25.8. The monoisotopic (exact) mass is 706 g/mol. The van der Waals surface area contributed by atoms with Crippen molar-refractivity contribution in [2.45, 2.75) is 71.1 Å². The van der Waals surface area contributed by atoms with Crippen LogP contribution in [0.1, 0.15) is 71.1 Å². The Kier molecular flexibility index (Phi) is 37.8. The number of unbranched alkanes of at least 4 members (excludes halogenated alkanes) is 7. The van der Waals surface area contributed by atoms with E-state index in [1.807, 2.05) is 0 Å². The molecule has 0 atom stereocenters. The lowest BCUT2D eigenvalue weighted by atomic mass is 10.1. The molecule has 0 radical (unpaired) electrons. The fourth-order valence-corrected chi connectivity index (χ4v) is 3.99. The summed E-state index contributed by atoms with van der Waals surface area (Å²) in [6, 6.07) is 0. The van der Waals surface area contributed by atoms with Crippen molar-refractivity contribution in [1.29, 1.82) is 0 Å². The third kappa shape index (κ3) is 37.9. The van der Waals surface area contributed by atoms with Crippen LogP contribution in [-0.4, -0.2) is 123 Å². The highest BCUT2D eigenvalue weighted by atomic mass is 127. The van der Waals surface area contributed by atoms with Gasteiger partial charge in [-0.15, -0.1) is 0 Å². The highest BCUT2D eigenvalue weighted by Crippen LogP contribution is 2.05. The van der Waals surface area contributed by atoms with Gasteiger partial charge in [0.15, 0.2) is 0 Å². The van der Waals surface area contributed by atoms with E-state index in [0.717, 1.165) is 25.9 Å². The van der Waals surface area contributed by atoms with Crippen molar-refractivity contribution in [3.8, 4) is 0 Å². The maximum Gasteiger partial charge on any atom is 0.305 e. The average Bonchev–Trinajstić information content (AvgIpc) is 2.98. The maximum atomic E-state index is 11.6. The summed E-state index contributed by atoms with van der Waals surface area (Å²) in [5, 5.41) is 0. The van der Waals surface area contributed by atoms with Crippen LogP contribution >= 0.6 is 22.6 Å². The molecule has 0 rings (SSSR count). The predicted molar refractivity (Wildman–Crippen MR) is 168 cm³/mol. The summed E-state index contributed by atoms with van der Waals surface area (Å²) >= 11 is 2.42. The number of hydrogen-bond acceptors (Lipinski definition) is 10. The topological polar surface area (TPSA) is 100 Å². The lowest BCUT2D eigenvalue weighted by molar-refractivity contribution is -0.145. The molecule has 0 aliphatic carbocycles. The molecule has 0 unspecified atom stereocenters. The van der Waals surface area contributed by atoms with Crippen LogP contribution in [0, 0.1) is 0 Å². The minimum absolute atomic E-state index is 0.141. The SMILES string of the molecule is CCCCCCCC(=O)OCCOCCOCCOCCOCCOCCOCCOCCOCCCCCCI. The molecule has 0 amide bonds. The quantitative estimate of drug-likeness (QED) is 0.0383. The molecule has 246 valence electrons. The number of rotatable bonds is 36. The Morgan fingerprint density at radius 1 is 0.415 bits per heavy atom. The van der Waals surface area contributed by atoms with Gasteiger partial charge in [-0.1, -0.05) is 68.0 Å². The number of hydrogen-bond donors (Lipinski definition) is 0. The number of esters is 1. The van der Waals surface area contributed by atoms with Gasteiger partial charge in [0.2, 0.25) is 0 Å². The maximum absolute atomic E-state index is 11.6. The van der Waals surface area contributed by atoms with Crippen LogP contribution in [-0.2, 0) is 47.4 Å². The van der Waals surface area contributed by atoms with Gasteiger partial charge < -0.3 is 42.6 Å². The van der Waals surface area contributed by atoms with Gasteiger partial charge in [-0.2, -0.15) is 0 Å². The second-order valence-electron chi connectivity index (χ2n) is 9.39. The average molecular weight is 707 g/mol. The standard InChI is InChI=1S/C30H59IO10/c1-2-3-4-5-8-11-30(32)41-29-28-40-27-26-39-25-24-38-23-22-37-21-20-36-19-18-35-17-16-34-15-14-33-13-10-7-6-9-12-31/h2-29H2,1H3. The molecule has 0 bridgehead atoms. The first-order valence-corrected chi connectivity index (χ1v) is 17.2. The highest BCUT2D eigenvalue weighted by molar-refractivity contribution is 14.1. The van der Waals surface area contributed by atoms with Crippen LogP contribution in [0.3, 0.4) is 0 Å². The Morgan fingerprint density at radius 2 is 0.756 bits per heavy atom. The molecule has 0 aromatic heterocycles. The first kappa shape index (κ1) is 40.9. The molecule has 0 aliphatic rings. The van der Waals surface area contributed by atoms with Gasteiger partial charge in [0.25, 0.3) is 0 Å². The predicted octanol–water partition coefficient (Wildman–Crippen LogP) is 5.02. The van der Waals surface area contributed by atoms with Crippen molar-refractivity contribution < 1.29 is 47.4 Å². The lowest BCUT2D eigenvalue weighted by Crippen LogP contribution is -2.15.